The number of nitrogens with zero attached hydrogens (tertiary/aromatic N) is 2. The molecule has 0 radical (unpaired) electrons. The number of rotatable bonds is 7. The van der Waals surface area contributed by atoms with E-state index in [1.807, 2.05) is 24.3 Å². The minimum atomic E-state index is -0.425. The average Bonchev–Trinajstić information content (AvgIpc) is 3.00. The van der Waals surface area contributed by atoms with E-state index < -0.39 is 5.54 Å². The van der Waals surface area contributed by atoms with Gasteiger partial charge >= 0.3 is 0 Å². The molecule has 0 aliphatic heterocycles. The van der Waals surface area contributed by atoms with Crippen molar-refractivity contribution in [1.29, 1.82) is 0 Å². The van der Waals surface area contributed by atoms with Crippen LogP contribution in [0.1, 0.15) is 36.5 Å². The lowest BCUT2D eigenvalue weighted by Crippen LogP contribution is -2.44. The molecule has 24 heavy (non-hydrogen) atoms. The molecule has 0 amide bonds. The first-order valence-electron chi connectivity index (χ1n) is 7.67. The lowest BCUT2D eigenvalue weighted by Gasteiger charge is -2.34. The quantitative estimate of drug-likeness (QED) is 0.771. The van der Waals surface area contributed by atoms with Crippen LogP contribution in [0, 0.1) is 0 Å². The minimum Gasteiger partial charge on any atom is -0.493 e. The largest absolute Gasteiger partial charge is 0.493 e. The van der Waals surface area contributed by atoms with Crippen molar-refractivity contribution in [3.05, 3.63) is 48.1 Å². The summed E-state index contributed by atoms with van der Waals surface area (Å²) in [6.07, 6.45) is 5.52. The van der Waals surface area contributed by atoms with Crippen LogP contribution in [0.15, 0.2) is 35.4 Å². The first-order chi connectivity index (χ1) is 11.1. The third-order valence-corrected chi connectivity index (χ3v) is 4.12. The normalized spacial score (nSPS) is 15.1. The number of methoxy groups -OCH3 is 1. The van der Waals surface area contributed by atoms with Gasteiger partial charge in [-0.25, -0.2) is 0 Å². The summed E-state index contributed by atoms with van der Waals surface area (Å²) < 4.78 is 16.3. The Kier molecular flexibility index (Phi) is 5.85. The molecule has 0 saturated heterocycles. The molecule has 1 saturated carbocycles. The Morgan fingerprint density at radius 3 is 2.79 bits per heavy atom. The van der Waals surface area contributed by atoms with Gasteiger partial charge in [0, 0.05) is 0 Å². The Hall–Kier alpha value is -2.05. The van der Waals surface area contributed by atoms with Crippen LogP contribution in [0.25, 0.3) is 0 Å². The molecule has 0 unspecified atom stereocenters. The number of benzene rings is 1. The number of allylic oxidation sites excluding steroid dienone is 1. The Balaban J connectivity index is 0.00000208. The fraction of sp³-hybridized carbons (Fsp3) is 0.412. The number of halogens is 1. The smallest absolute Gasteiger partial charge is 0.264 e. The topological polar surface area (TPSA) is 83.4 Å². The fourth-order valence-electron chi connectivity index (χ4n) is 2.56. The van der Waals surface area contributed by atoms with Crippen molar-refractivity contribution in [1.82, 2.24) is 10.1 Å². The third kappa shape index (κ3) is 3.71. The second kappa shape index (κ2) is 7.68. The van der Waals surface area contributed by atoms with Crippen LogP contribution in [-0.4, -0.2) is 17.3 Å². The molecule has 7 heteroatoms. The van der Waals surface area contributed by atoms with Gasteiger partial charge in [0.25, 0.3) is 5.89 Å². The molecule has 1 fully saturated rings. The summed E-state index contributed by atoms with van der Waals surface area (Å²) in [6, 6.07) is 5.77. The van der Waals surface area contributed by atoms with Gasteiger partial charge in [-0.3, -0.25) is 0 Å². The van der Waals surface area contributed by atoms with Gasteiger partial charge in [0.2, 0.25) is 0 Å². The summed E-state index contributed by atoms with van der Waals surface area (Å²) in [5.41, 5.74) is 6.87. The molecule has 0 spiro atoms. The molecule has 0 bridgehead atoms. The molecule has 1 aliphatic rings. The van der Waals surface area contributed by atoms with Crippen LogP contribution in [0.4, 0.5) is 0 Å². The lowest BCUT2D eigenvalue weighted by atomic mass is 9.77. The predicted octanol–water partition coefficient (Wildman–Crippen LogP) is 3.15. The summed E-state index contributed by atoms with van der Waals surface area (Å²) >= 11 is 0. The minimum absolute atomic E-state index is 0. The van der Waals surface area contributed by atoms with Crippen molar-refractivity contribution < 1.29 is 14.0 Å². The zero-order valence-electron chi connectivity index (χ0n) is 13.7. The molecule has 2 N–H and O–H groups in total. The van der Waals surface area contributed by atoms with Crippen molar-refractivity contribution in [3.63, 3.8) is 0 Å². The van der Waals surface area contributed by atoms with E-state index in [9.17, 15) is 0 Å². The summed E-state index contributed by atoms with van der Waals surface area (Å²) in [5.74, 6) is 2.27. The summed E-state index contributed by atoms with van der Waals surface area (Å²) in [4.78, 5) is 4.34. The van der Waals surface area contributed by atoms with Crippen molar-refractivity contribution in [3.8, 4) is 11.5 Å². The Morgan fingerprint density at radius 1 is 1.38 bits per heavy atom. The van der Waals surface area contributed by atoms with Gasteiger partial charge in [0.1, 0.15) is 0 Å². The lowest BCUT2D eigenvalue weighted by molar-refractivity contribution is 0.220. The van der Waals surface area contributed by atoms with Crippen molar-refractivity contribution in [2.75, 3.05) is 7.11 Å². The van der Waals surface area contributed by atoms with E-state index in [1.54, 1.807) is 7.11 Å². The summed E-state index contributed by atoms with van der Waals surface area (Å²) in [7, 11) is 1.61. The maximum atomic E-state index is 6.18. The molecular weight excluding hydrogens is 330 g/mol. The van der Waals surface area contributed by atoms with Crippen molar-refractivity contribution in [2.24, 2.45) is 5.73 Å². The number of nitrogens with two attached hydrogens (primary N) is 1. The van der Waals surface area contributed by atoms with Gasteiger partial charge in [-0.2, -0.15) is 4.98 Å². The van der Waals surface area contributed by atoms with Crippen LogP contribution in [0.3, 0.4) is 0 Å². The van der Waals surface area contributed by atoms with Crippen LogP contribution in [-0.2, 0) is 18.6 Å². The number of hydrogen-bond acceptors (Lipinski definition) is 6. The highest BCUT2D eigenvalue weighted by molar-refractivity contribution is 5.85. The molecule has 1 heterocycles. The predicted molar refractivity (Wildman–Crippen MR) is 92.5 cm³/mol. The Morgan fingerprint density at radius 2 is 2.17 bits per heavy atom. The van der Waals surface area contributed by atoms with E-state index >= 15 is 0 Å². The zero-order valence-corrected chi connectivity index (χ0v) is 14.5. The molecular formula is C17H22ClN3O3. The number of aromatic nitrogens is 2. The third-order valence-electron chi connectivity index (χ3n) is 4.12. The molecule has 3 rings (SSSR count). The molecule has 130 valence electrons. The van der Waals surface area contributed by atoms with Gasteiger partial charge in [-0.1, -0.05) is 17.3 Å². The monoisotopic (exact) mass is 351 g/mol. The molecule has 1 aromatic heterocycles. The van der Waals surface area contributed by atoms with Gasteiger partial charge in [0.05, 0.1) is 12.6 Å². The van der Waals surface area contributed by atoms with E-state index in [-0.39, 0.29) is 19.0 Å². The molecule has 1 aliphatic carbocycles. The summed E-state index contributed by atoms with van der Waals surface area (Å²) in [6.45, 7) is 3.91. The zero-order chi connectivity index (χ0) is 16.3. The van der Waals surface area contributed by atoms with Gasteiger partial charge in [0.15, 0.2) is 23.9 Å². The molecule has 0 atom stereocenters. The van der Waals surface area contributed by atoms with Gasteiger partial charge < -0.3 is 19.7 Å². The number of hydrogen-bond donors (Lipinski definition) is 1. The van der Waals surface area contributed by atoms with Crippen molar-refractivity contribution >= 4 is 12.4 Å². The summed E-state index contributed by atoms with van der Waals surface area (Å²) in [5, 5.41) is 3.97. The van der Waals surface area contributed by atoms with Gasteiger partial charge in [-0.05, 0) is 43.4 Å². The fourth-order valence-corrected chi connectivity index (χ4v) is 2.56. The van der Waals surface area contributed by atoms with Gasteiger partial charge in [-0.15, -0.1) is 19.0 Å². The van der Waals surface area contributed by atoms with Crippen LogP contribution < -0.4 is 15.2 Å². The maximum Gasteiger partial charge on any atom is 0.264 e. The van der Waals surface area contributed by atoms with Crippen molar-refractivity contribution in [2.45, 2.75) is 37.8 Å². The second-order valence-electron chi connectivity index (χ2n) is 5.79. The number of ether oxygens (including phenoxy) is 2. The van der Waals surface area contributed by atoms with Crippen LogP contribution >= 0.6 is 12.4 Å². The average molecular weight is 352 g/mol. The first kappa shape index (κ1) is 18.3. The van der Waals surface area contributed by atoms with Crippen LogP contribution in [0.5, 0.6) is 11.5 Å². The van der Waals surface area contributed by atoms with E-state index in [0.717, 1.165) is 31.2 Å². The van der Waals surface area contributed by atoms with E-state index in [2.05, 4.69) is 16.7 Å². The van der Waals surface area contributed by atoms with E-state index in [4.69, 9.17) is 19.7 Å². The van der Waals surface area contributed by atoms with Crippen LogP contribution in [0.2, 0.25) is 0 Å². The van der Waals surface area contributed by atoms with E-state index in [1.165, 1.54) is 0 Å². The highest BCUT2D eigenvalue weighted by Crippen LogP contribution is 2.37. The maximum absolute atomic E-state index is 6.18. The highest BCUT2D eigenvalue weighted by Gasteiger charge is 2.39. The second-order valence-corrected chi connectivity index (χ2v) is 5.79. The first-order valence-corrected chi connectivity index (χ1v) is 7.67. The highest BCUT2D eigenvalue weighted by atomic mass is 35.5. The van der Waals surface area contributed by atoms with E-state index in [0.29, 0.717) is 23.2 Å². The standard InChI is InChI=1S/C17H21N3O3.ClH/c1-3-5-12-6-7-13(14(10-12)21-2)22-11-15-19-16(20-23-15)17(18)8-4-9-17;/h3,6-7,10H,1,4-5,8-9,11,18H2,2H3;1H. The molecule has 1 aromatic carbocycles. The molecule has 6 nitrogen and oxygen atoms in total. The molecule has 2 aromatic rings. The Labute approximate surface area is 147 Å². The Bertz CT molecular complexity index is 698. The SMILES string of the molecule is C=CCc1ccc(OCc2nc(C3(N)CCC3)no2)c(OC)c1.Cl.